The van der Waals surface area contributed by atoms with Gasteiger partial charge in [-0.1, -0.05) is 24.3 Å². The Morgan fingerprint density at radius 1 is 0.917 bits per heavy atom. The summed E-state index contributed by atoms with van der Waals surface area (Å²) in [6.07, 6.45) is 3.25. The lowest BCUT2D eigenvalue weighted by atomic mass is 10.0. The first-order valence-electron chi connectivity index (χ1n) is 12.0. The van der Waals surface area contributed by atoms with Crippen LogP contribution in [0.1, 0.15) is 50.9 Å². The number of nitrogens with zero attached hydrogens (tertiary/aromatic N) is 3. The summed E-state index contributed by atoms with van der Waals surface area (Å²) in [5.74, 6) is -0.163. The topological polar surface area (TPSA) is 87.6 Å². The SMILES string of the molecule is CC(=O)N(c1ccc(S(=O)(=O)CC2CC2)nc1)c1cccc(C(=O)N(c2ccccc2)C(C)(C)C)c1. The van der Waals surface area contributed by atoms with Gasteiger partial charge < -0.3 is 4.90 Å². The third-order valence-electron chi connectivity index (χ3n) is 6.00. The van der Waals surface area contributed by atoms with Crippen LogP contribution in [0.15, 0.2) is 78.0 Å². The molecule has 1 aliphatic rings. The van der Waals surface area contributed by atoms with Crippen molar-refractivity contribution < 1.29 is 18.0 Å². The van der Waals surface area contributed by atoms with Crippen molar-refractivity contribution in [3.63, 3.8) is 0 Å². The van der Waals surface area contributed by atoms with E-state index in [2.05, 4.69) is 4.98 Å². The van der Waals surface area contributed by atoms with Crippen molar-refractivity contribution >= 4 is 38.7 Å². The highest BCUT2D eigenvalue weighted by Gasteiger charge is 2.31. The molecule has 2 aromatic carbocycles. The van der Waals surface area contributed by atoms with Crippen molar-refractivity contribution in [2.45, 2.75) is 51.1 Å². The van der Waals surface area contributed by atoms with Gasteiger partial charge in [-0.05, 0) is 82.0 Å². The largest absolute Gasteiger partial charge is 0.303 e. The van der Waals surface area contributed by atoms with Crippen LogP contribution in [0, 0.1) is 5.92 Å². The van der Waals surface area contributed by atoms with Gasteiger partial charge in [-0.3, -0.25) is 14.5 Å². The van der Waals surface area contributed by atoms with E-state index in [-0.39, 0.29) is 28.5 Å². The Morgan fingerprint density at radius 2 is 1.58 bits per heavy atom. The van der Waals surface area contributed by atoms with Crippen molar-refractivity contribution in [2.24, 2.45) is 5.92 Å². The molecule has 4 rings (SSSR count). The third kappa shape index (κ3) is 5.65. The molecule has 2 amide bonds. The van der Waals surface area contributed by atoms with E-state index >= 15 is 0 Å². The Morgan fingerprint density at radius 3 is 2.14 bits per heavy atom. The first-order valence-corrected chi connectivity index (χ1v) is 13.6. The van der Waals surface area contributed by atoms with Crippen LogP contribution in [-0.4, -0.2) is 36.5 Å². The molecule has 36 heavy (non-hydrogen) atoms. The molecule has 188 valence electrons. The zero-order valence-electron chi connectivity index (χ0n) is 21.0. The Balaban J connectivity index is 1.66. The summed E-state index contributed by atoms with van der Waals surface area (Å²) in [5, 5.41) is 0.00857. The van der Waals surface area contributed by atoms with Crippen LogP contribution in [0.5, 0.6) is 0 Å². The molecule has 0 saturated heterocycles. The molecular weight excluding hydrogens is 474 g/mol. The Labute approximate surface area is 212 Å². The van der Waals surface area contributed by atoms with Crippen LogP contribution in [0.4, 0.5) is 17.1 Å². The monoisotopic (exact) mass is 505 g/mol. The summed E-state index contributed by atoms with van der Waals surface area (Å²) < 4.78 is 25.1. The molecule has 0 atom stereocenters. The fraction of sp³-hybridized carbons (Fsp3) is 0.321. The van der Waals surface area contributed by atoms with Crippen molar-refractivity contribution in [3.05, 3.63) is 78.5 Å². The Hall–Kier alpha value is -3.52. The van der Waals surface area contributed by atoms with Crippen LogP contribution in [0.25, 0.3) is 0 Å². The number of para-hydroxylation sites is 1. The lowest BCUT2D eigenvalue weighted by Gasteiger charge is -2.36. The molecule has 1 aromatic heterocycles. The normalized spacial score (nSPS) is 13.8. The van der Waals surface area contributed by atoms with Crippen molar-refractivity contribution in [1.82, 2.24) is 4.98 Å². The van der Waals surface area contributed by atoms with E-state index in [1.165, 1.54) is 24.1 Å². The van der Waals surface area contributed by atoms with Gasteiger partial charge in [0, 0.05) is 29.4 Å². The summed E-state index contributed by atoms with van der Waals surface area (Å²) in [6, 6.07) is 19.3. The van der Waals surface area contributed by atoms with Gasteiger partial charge >= 0.3 is 0 Å². The number of carbonyl (C=O) groups excluding carboxylic acids is 2. The van der Waals surface area contributed by atoms with E-state index in [4.69, 9.17) is 0 Å². The minimum Gasteiger partial charge on any atom is -0.303 e. The minimum absolute atomic E-state index is 0.00857. The highest BCUT2D eigenvalue weighted by molar-refractivity contribution is 7.91. The van der Waals surface area contributed by atoms with Gasteiger partial charge in [0.1, 0.15) is 0 Å². The maximum absolute atomic E-state index is 13.7. The zero-order chi connectivity index (χ0) is 26.1. The number of rotatable bonds is 7. The van der Waals surface area contributed by atoms with E-state index in [0.717, 1.165) is 18.5 Å². The summed E-state index contributed by atoms with van der Waals surface area (Å²) in [4.78, 5) is 33.6. The second kappa shape index (κ2) is 9.85. The summed E-state index contributed by atoms with van der Waals surface area (Å²) in [6.45, 7) is 7.31. The number of aromatic nitrogens is 1. The molecule has 0 spiro atoms. The van der Waals surface area contributed by atoms with Gasteiger partial charge in [-0.2, -0.15) is 0 Å². The molecule has 0 unspecified atom stereocenters. The molecular formula is C28H31N3O4S. The van der Waals surface area contributed by atoms with Crippen molar-refractivity contribution in [1.29, 1.82) is 0 Å². The molecule has 1 saturated carbocycles. The zero-order valence-corrected chi connectivity index (χ0v) is 21.8. The molecule has 7 nitrogen and oxygen atoms in total. The molecule has 0 aliphatic heterocycles. The quantitative estimate of drug-likeness (QED) is 0.429. The standard InChI is InChI=1S/C28H31N3O4S/c1-20(32)30(25-15-16-26(29-18-25)36(34,35)19-21-13-14-21)24-12-8-9-22(17-24)27(33)31(28(2,3)4)23-10-6-5-7-11-23/h5-12,15-18,21H,13-14,19H2,1-4H3. The fourth-order valence-corrected chi connectivity index (χ4v) is 5.79. The van der Waals surface area contributed by atoms with E-state index in [1.54, 1.807) is 35.2 Å². The van der Waals surface area contributed by atoms with Gasteiger partial charge in [0.05, 0.1) is 17.6 Å². The summed E-state index contributed by atoms with van der Waals surface area (Å²) in [7, 11) is -3.46. The molecule has 0 bridgehead atoms. The highest BCUT2D eigenvalue weighted by Crippen LogP contribution is 2.33. The predicted octanol–water partition coefficient (Wildman–Crippen LogP) is 5.40. The maximum atomic E-state index is 13.7. The number of hydrogen-bond donors (Lipinski definition) is 0. The molecule has 1 heterocycles. The van der Waals surface area contributed by atoms with E-state index < -0.39 is 15.4 Å². The van der Waals surface area contributed by atoms with Crippen molar-refractivity contribution in [3.8, 4) is 0 Å². The lowest BCUT2D eigenvalue weighted by Crippen LogP contribution is -2.46. The molecule has 0 N–H and O–H groups in total. The van der Waals surface area contributed by atoms with Gasteiger partial charge in [-0.25, -0.2) is 13.4 Å². The first-order chi connectivity index (χ1) is 17.0. The number of amides is 2. The van der Waals surface area contributed by atoms with E-state index in [0.29, 0.717) is 16.9 Å². The van der Waals surface area contributed by atoms with Gasteiger partial charge in [0.25, 0.3) is 5.91 Å². The summed E-state index contributed by atoms with van der Waals surface area (Å²) >= 11 is 0. The molecule has 0 radical (unpaired) electrons. The molecule has 1 aliphatic carbocycles. The second-order valence-electron chi connectivity index (χ2n) is 10.1. The van der Waals surface area contributed by atoms with Crippen LogP contribution < -0.4 is 9.80 Å². The number of carbonyl (C=O) groups is 2. The summed E-state index contributed by atoms with van der Waals surface area (Å²) in [5.41, 5.74) is 1.63. The number of anilines is 3. The Kier molecular flexibility index (Phi) is 7.00. The number of pyridine rings is 1. The average molecular weight is 506 g/mol. The maximum Gasteiger partial charge on any atom is 0.258 e. The van der Waals surface area contributed by atoms with Crippen LogP contribution in [0.2, 0.25) is 0 Å². The van der Waals surface area contributed by atoms with Crippen LogP contribution >= 0.6 is 0 Å². The smallest absolute Gasteiger partial charge is 0.258 e. The van der Waals surface area contributed by atoms with Gasteiger partial charge in [-0.15, -0.1) is 0 Å². The first kappa shape index (κ1) is 25.6. The van der Waals surface area contributed by atoms with Gasteiger partial charge in [0.15, 0.2) is 14.9 Å². The highest BCUT2D eigenvalue weighted by atomic mass is 32.2. The van der Waals surface area contributed by atoms with Gasteiger partial charge in [0.2, 0.25) is 5.91 Å². The number of sulfone groups is 1. The molecule has 1 fully saturated rings. The van der Waals surface area contributed by atoms with Crippen LogP contribution in [-0.2, 0) is 14.6 Å². The predicted molar refractivity (Wildman–Crippen MR) is 141 cm³/mol. The van der Waals surface area contributed by atoms with E-state index in [1.807, 2.05) is 51.1 Å². The number of hydrogen-bond acceptors (Lipinski definition) is 5. The minimum atomic E-state index is -3.46. The average Bonchev–Trinajstić information content (AvgIpc) is 3.63. The fourth-order valence-electron chi connectivity index (χ4n) is 4.17. The third-order valence-corrected chi connectivity index (χ3v) is 7.79. The second-order valence-corrected chi connectivity index (χ2v) is 12.1. The molecule has 3 aromatic rings. The van der Waals surface area contributed by atoms with Crippen molar-refractivity contribution in [2.75, 3.05) is 15.6 Å². The Bertz CT molecular complexity index is 1360. The lowest BCUT2D eigenvalue weighted by molar-refractivity contribution is -0.115. The molecule has 8 heteroatoms. The van der Waals surface area contributed by atoms with E-state index in [9.17, 15) is 18.0 Å². The number of benzene rings is 2. The van der Waals surface area contributed by atoms with Crippen LogP contribution in [0.3, 0.4) is 0 Å².